The molecule has 2 aliphatic heterocycles. The number of nitrogens with one attached hydrogen (secondary N) is 1. The minimum atomic E-state index is -4.43. The fraction of sp³-hybridized carbons (Fsp3) is 0.559. The van der Waals surface area contributed by atoms with Crippen molar-refractivity contribution in [3.05, 3.63) is 42.1 Å². The van der Waals surface area contributed by atoms with Crippen LogP contribution in [0, 0.1) is 0 Å². The van der Waals surface area contributed by atoms with E-state index in [0.717, 1.165) is 33.1 Å². The topological polar surface area (TPSA) is 205 Å². The quantitative estimate of drug-likeness (QED) is 0.0809. The smallest absolute Gasteiger partial charge is 0.409 e. The summed E-state index contributed by atoms with van der Waals surface area (Å²) < 4.78 is 45.1. The largest absolute Gasteiger partial charge is 0.449 e. The number of piperazine rings is 1. The number of hydrogen-bond acceptors (Lipinski definition) is 15. The molecule has 0 saturated carbocycles. The molecule has 1 N–H and O–H groups in total. The number of nitrogens with zero attached hydrogens (tertiary/aromatic N) is 5. The number of amides is 3. The van der Waals surface area contributed by atoms with E-state index >= 15 is 0 Å². The average molecular weight is 763 g/mol. The van der Waals surface area contributed by atoms with Gasteiger partial charge in [-0.1, -0.05) is 43.7 Å². The zero-order valence-corrected chi connectivity index (χ0v) is 31.3. The number of aromatic nitrogens is 2. The number of rotatable bonds is 17. The Kier molecular flexibility index (Phi) is 15.5. The zero-order valence-electron chi connectivity index (χ0n) is 30.4. The van der Waals surface area contributed by atoms with Crippen LogP contribution in [0.25, 0.3) is 11.4 Å². The lowest BCUT2D eigenvalue weighted by Gasteiger charge is -2.36. The van der Waals surface area contributed by atoms with Gasteiger partial charge in [0.25, 0.3) is 5.91 Å². The number of benzene rings is 1. The van der Waals surface area contributed by atoms with Crippen molar-refractivity contribution in [1.82, 2.24) is 25.1 Å². The predicted octanol–water partition coefficient (Wildman–Crippen LogP) is 2.82. The van der Waals surface area contributed by atoms with Crippen molar-refractivity contribution >= 4 is 43.3 Å². The van der Waals surface area contributed by atoms with Gasteiger partial charge in [-0.15, -0.1) is 0 Å². The van der Waals surface area contributed by atoms with Gasteiger partial charge in [-0.3, -0.25) is 32.8 Å². The van der Waals surface area contributed by atoms with Gasteiger partial charge in [0.2, 0.25) is 19.5 Å². The summed E-state index contributed by atoms with van der Waals surface area (Å²) >= 11 is 0. The van der Waals surface area contributed by atoms with Crippen LogP contribution < -0.4 is 10.2 Å². The van der Waals surface area contributed by atoms with E-state index in [2.05, 4.69) is 10.3 Å². The molecule has 19 heteroatoms. The van der Waals surface area contributed by atoms with E-state index in [4.69, 9.17) is 33.0 Å². The van der Waals surface area contributed by atoms with Gasteiger partial charge < -0.3 is 39.0 Å². The first-order chi connectivity index (χ1) is 25.4. The summed E-state index contributed by atoms with van der Waals surface area (Å²) in [5, 5.41) is 2.65. The zero-order chi connectivity index (χ0) is 38.4. The second kappa shape index (κ2) is 20.0. The van der Waals surface area contributed by atoms with Crippen LogP contribution >= 0.6 is 7.60 Å². The van der Waals surface area contributed by atoms with E-state index in [-0.39, 0.29) is 50.4 Å². The molecule has 2 fully saturated rings. The van der Waals surface area contributed by atoms with Crippen LogP contribution in [0.4, 0.5) is 10.6 Å². The van der Waals surface area contributed by atoms with Crippen molar-refractivity contribution in [2.75, 3.05) is 77.6 Å². The summed E-state index contributed by atoms with van der Waals surface area (Å²) in [6.07, 6.45) is 1.05. The normalized spacial score (nSPS) is 16.5. The highest BCUT2D eigenvalue weighted by Gasteiger charge is 2.39. The molecular weight excluding hydrogens is 715 g/mol. The molecule has 4 rings (SSSR count). The number of hydrogen-bond donors (Lipinski definition) is 1. The number of ether oxygens (including phenoxy) is 4. The lowest BCUT2D eigenvalue weighted by molar-refractivity contribution is -0.149. The standard InChI is InChI=1S/C34H47N6O12P/c1-5-6-18-48-34(45)39-16-14-38(15-17-39)33(44)29(21-53(46,51-22-49-24(2)41)52-23-50-25(3)42)36-32(43)28-19-30(40-13-12-27(20-40)47-4)37-31(35-28)26-10-8-7-9-11-26/h7-11,19,27,29H,5-6,12-18,20-23H2,1-4H3,(H,36,43)/t27-,29-/m0/s1. The van der Waals surface area contributed by atoms with Gasteiger partial charge in [0, 0.05) is 71.9 Å². The Morgan fingerprint density at radius 1 is 0.906 bits per heavy atom. The lowest BCUT2D eigenvalue weighted by atomic mass is 10.2. The Labute approximate surface area is 307 Å². The van der Waals surface area contributed by atoms with Gasteiger partial charge in [-0.25, -0.2) is 14.8 Å². The Hall–Kier alpha value is -4.64. The second-order valence-electron chi connectivity index (χ2n) is 12.3. The fourth-order valence-corrected chi connectivity index (χ4v) is 6.85. The van der Waals surface area contributed by atoms with E-state index in [1.165, 1.54) is 15.9 Å². The van der Waals surface area contributed by atoms with Crippen LogP contribution in [-0.4, -0.2) is 134 Å². The van der Waals surface area contributed by atoms with Crippen molar-refractivity contribution in [2.45, 2.75) is 52.2 Å². The SMILES string of the molecule is CCCCOC(=O)N1CCN(C(=O)[C@H](CP(=O)(OCOC(C)=O)OCOC(C)=O)NC(=O)c2cc(N3CC[C@H](OC)C3)nc(-c3ccccc3)n2)CC1. The number of unbranched alkanes of at least 4 members (excludes halogenated alkanes) is 1. The monoisotopic (exact) mass is 762 g/mol. The molecule has 53 heavy (non-hydrogen) atoms. The minimum absolute atomic E-state index is 0.0313. The van der Waals surface area contributed by atoms with Crippen LogP contribution in [0.5, 0.6) is 0 Å². The van der Waals surface area contributed by atoms with E-state index in [0.29, 0.717) is 24.5 Å². The Bertz CT molecular complexity index is 1600. The number of carbonyl (C=O) groups is 5. The summed E-state index contributed by atoms with van der Waals surface area (Å²) in [7, 11) is -2.81. The first kappa shape index (κ1) is 41.1. The van der Waals surface area contributed by atoms with Gasteiger partial charge in [-0.05, 0) is 12.8 Å². The van der Waals surface area contributed by atoms with E-state index in [1.54, 1.807) is 19.2 Å². The summed E-state index contributed by atoms with van der Waals surface area (Å²) in [6, 6.07) is 9.00. The molecule has 1 aromatic heterocycles. The summed E-state index contributed by atoms with van der Waals surface area (Å²) in [5.74, 6) is -2.21. The highest BCUT2D eigenvalue weighted by atomic mass is 31.2. The molecule has 0 spiro atoms. The maximum Gasteiger partial charge on any atom is 0.409 e. The van der Waals surface area contributed by atoms with Gasteiger partial charge in [-0.2, -0.15) is 0 Å². The maximum atomic E-state index is 14.1. The minimum Gasteiger partial charge on any atom is -0.449 e. The molecule has 0 bridgehead atoms. The molecule has 0 radical (unpaired) electrons. The van der Waals surface area contributed by atoms with Crippen molar-refractivity contribution in [2.24, 2.45) is 0 Å². The first-order valence-electron chi connectivity index (χ1n) is 17.3. The Morgan fingerprint density at radius 2 is 1.55 bits per heavy atom. The van der Waals surface area contributed by atoms with Gasteiger partial charge in [0.05, 0.1) is 18.9 Å². The molecular formula is C34H47N6O12P. The molecule has 0 aliphatic carbocycles. The molecule has 2 aromatic rings. The Morgan fingerprint density at radius 3 is 2.13 bits per heavy atom. The van der Waals surface area contributed by atoms with Crippen LogP contribution in [-0.2, 0) is 46.9 Å². The highest BCUT2D eigenvalue weighted by Crippen LogP contribution is 2.49. The maximum absolute atomic E-state index is 14.1. The number of carbonyl (C=O) groups excluding carboxylic acids is 5. The van der Waals surface area contributed by atoms with Crippen LogP contribution in [0.1, 0.15) is 50.5 Å². The molecule has 0 unspecified atom stereocenters. The summed E-state index contributed by atoms with van der Waals surface area (Å²) in [5.41, 5.74) is 0.565. The summed E-state index contributed by atoms with van der Waals surface area (Å²) in [4.78, 5) is 77.7. The number of anilines is 1. The van der Waals surface area contributed by atoms with Gasteiger partial charge in [0.1, 0.15) is 17.6 Å². The number of methoxy groups -OCH3 is 1. The van der Waals surface area contributed by atoms with Crippen LogP contribution in [0.2, 0.25) is 0 Å². The van der Waals surface area contributed by atoms with E-state index in [9.17, 15) is 28.5 Å². The third-order valence-electron chi connectivity index (χ3n) is 8.39. The molecule has 2 aliphatic rings. The fourth-order valence-electron chi connectivity index (χ4n) is 5.45. The van der Waals surface area contributed by atoms with Crippen LogP contribution in [0.3, 0.4) is 0 Å². The van der Waals surface area contributed by atoms with Crippen molar-refractivity contribution in [3.63, 3.8) is 0 Å². The van der Waals surface area contributed by atoms with Crippen LogP contribution in [0.15, 0.2) is 36.4 Å². The second-order valence-corrected chi connectivity index (χ2v) is 14.4. The molecule has 2 saturated heterocycles. The molecule has 1 aromatic carbocycles. The molecule has 18 nitrogen and oxygen atoms in total. The molecule has 3 heterocycles. The lowest BCUT2D eigenvalue weighted by Crippen LogP contribution is -2.57. The predicted molar refractivity (Wildman–Crippen MR) is 189 cm³/mol. The highest BCUT2D eigenvalue weighted by molar-refractivity contribution is 7.54. The molecule has 3 amide bonds. The third-order valence-corrected chi connectivity index (χ3v) is 10.2. The first-order valence-corrected chi connectivity index (χ1v) is 19.0. The van der Waals surface area contributed by atoms with E-state index in [1.807, 2.05) is 30.0 Å². The van der Waals surface area contributed by atoms with E-state index < -0.39 is 63.2 Å². The van der Waals surface area contributed by atoms with Crippen molar-refractivity contribution in [3.8, 4) is 11.4 Å². The Balaban J connectivity index is 1.63. The summed E-state index contributed by atoms with van der Waals surface area (Å²) in [6.45, 7) is 4.45. The average Bonchev–Trinajstić information content (AvgIpc) is 3.64. The van der Waals surface area contributed by atoms with Crippen molar-refractivity contribution < 1.29 is 56.5 Å². The van der Waals surface area contributed by atoms with Gasteiger partial charge in [0.15, 0.2) is 5.82 Å². The number of esters is 2. The van der Waals surface area contributed by atoms with Crippen molar-refractivity contribution in [1.29, 1.82) is 0 Å². The molecule has 290 valence electrons. The molecule has 2 atom stereocenters. The third kappa shape index (κ3) is 12.5. The van der Waals surface area contributed by atoms with Gasteiger partial charge >= 0.3 is 25.6 Å².